The van der Waals surface area contributed by atoms with Crippen LogP contribution < -0.4 is 4.90 Å². The molecule has 1 unspecified atom stereocenters. The van der Waals surface area contributed by atoms with E-state index in [4.69, 9.17) is 0 Å². The normalized spacial score (nSPS) is 22.3. The van der Waals surface area contributed by atoms with Crippen LogP contribution in [0.1, 0.15) is 19.3 Å². The second kappa shape index (κ2) is 5.76. The van der Waals surface area contributed by atoms with Crippen LogP contribution in [0.5, 0.6) is 0 Å². The molecule has 1 heterocycles. The van der Waals surface area contributed by atoms with Gasteiger partial charge in [0.1, 0.15) is 5.69 Å². The molecule has 0 spiro atoms. The molecule has 2 fully saturated rings. The van der Waals surface area contributed by atoms with Gasteiger partial charge in [-0.05, 0) is 31.4 Å². The van der Waals surface area contributed by atoms with E-state index in [0.717, 1.165) is 31.8 Å². The van der Waals surface area contributed by atoms with Gasteiger partial charge in [0.2, 0.25) is 0 Å². The van der Waals surface area contributed by atoms with Gasteiger partial charge < -0.3 is 4.90 Å². The molecule has 1 atom stereocenters. The average molecular weight is 339 g/mol. The Labute approximate surface area is 136 Å². The second-order valence-corrected chi connectivity index (χ2v) is 8.48. The smallest absolute Gasteiger partial charge is 0.293 e. The number of nitro groups is 1. The van der Waals surface area contributed by atoms with Gasteiger partial charge in [-0.1, -0.05) is 0 Å². The number of anilines is 1. The molecule has 1 aromatic rings. The predicted molar refractivity (Wildman–Crippen MR) is 87.6 cm³/mol. The van der Waals surface area contributed by atoms with Crippen LogP contribution in [0.15, 0.2) is 23.1 Å². The van der Waals surface area contributed by atoms with Gasteiger partial charge in [-0.15, -0.1) is 0 Å². The SMILES string of the molecule is CN(c1ccc(S(C)(=O)=O)cc1[N+](=O)[O-])C1CCN(C2CC2)C1. The van der Waals surface area contributed by atoms with Gasteiger partial charge in [-0.3, -0.25) is 15.0 Å². The number of nitro benzene ring substituents is 1. The first kappa shape index (κ1) is 16.2. The summed E-state index contributed by atoms with van der Waals surface area (Å²) in [7, 11) is -1.61. The van der Waals surface area contributed by atoms with Crippen molar-refractivity contribution in [2.75, 3.05) is 31.3 Å². The van der Waals surface area contributed by atoms with E-state index in [1.165, 1.54) is 18.9 Å². The fourth-order valence-electron chi connectivity index (χ4n) is 3.23. The van der Waals surface area contributed by atoms with Gasteiger partial charge in [0, 0.05) is 44.5 Å². The van der Waals surface area contributed by atoms with E-state index in [1.807, 2.05) is 11.9 Å². The Balaban J connectivity index is 1.87. The van der Waals surface area contributed by atoms with Crippen molar-refractivity contribution in [1.29, 1.82) is 0 Å². The van der Waals surface area contributed by atoms with Crippen LogP contribution in [-0.4, -0.2) is 56.7 Å². The zero-order valence-electron chi connectivity index (χ0n) is 13.3. The molecule has 1 aromatic carbocycles. The molecule has 1 aliphatic heterocycles. The van der Waals surface area contributed by atoms with Crippen LogP contribution in [-0.2, 0) is 9.84 Å². The molecule has 0 N–H and O–H groups in total. The molecule has 1 saturated heterocycles. The van der Waals surface area contributed by atoms with E-state index in [0.29, 0.717) is 11.7 Å². The number of rotatable bonds is 5. The lowest BCUT2D eigenvalue weighted by Crippen LogP contribution is -2.35. The molecule has 1 aliphatic carbocycles. The van der Waals surface area contributed by atoms with Gasteiger partial charge in [0.15, 0.2) is 9.84 Å². The lowest BCUT2D eigenvalue weighted by Gasteiger charge is -2.27. The van der Waals surface area contributed by atoms with E-state index in [1.54, 1.807) is 6.07 Å². The summed E-state index contributed by atoms with van der Waals surface area (Å²) in [5.41, 5.74) is 0.324. The first-order valence-electron chi connectivity index (χ1n) is 7.73. The molecule has 126 valence electrons. The number of benzene rings is 1. The van der Waals surface area contributed by atoms with Gasteiger partial charge in [-0.25, -0.2) is 8.42 Å². The highest BCUT2D eigenvalue weighted by molar-refractivity contribution is 7.90. The van der Waals surface area contributed by atoms with Gasteiger partial charge in [-0.2, -0.15) is 0 Å². The van der Waals surface area contributed by atoms with Crippen LogP contribution in [0.3, 0.4) is 0 Å². The molecule has 0 amide bonds. The van der Waals surface area contributed by atoms with Crippen molar-refractivity contribution in [2.45, 2.75) is 36.2 Å². The maximum atomic E-state index is 11.6. The zero-order chi connectivity index (χ0) is 16.8. The lowest BCUT2D eigenvalue weighted by molar-refractivity contribution is -0.384. The van der Waals surface area contributed by atoms with E-state index >= 15 is 0 Å². The summed E-state index contributed by atoms with van der Waals surface area (Å²) in [5.74, 6) is 0. The van der Waals surface area contributed by atoms with Crippen molar-refractivity contribution in [3.8, 4) is 0 Å². The van der Waals surface area contributed by atoms with Crippen molar-refractivity contribution in [3.63, 3.8) is 0 Å². The van der Waals surface area contributed by atoms with Gasteiger partial charge in [0.05, 0.1) is 9.82 Å². The van der Waals surface area contributed by atoms with E-state index in [2.05, 4.69) is 4.90 Å². The maximum absolute atomic E-state index is 11.6. The first-order chi connectivity index (χ1) is 10.8. The van der Waals surface area contributed by atoms with Crippen molar-refractivity contribution >= 4 is 21.2 Å². The summed E-state index contributed by atoms with van der Waals surface area (Å²) in [6.45, 7) is 1.93. The fraction of sp³-hybridized carbons (Fsp3) is 0.600. The number of likely N-dealkylation sites (tertiary alicyclic amines) is 1. The Morgan fingerprint density at radius 2 is 2.00 bits per heavy atom. The summed E-state index contributed by atoms with van der Waals surface area (Å²) in [5, 5.41) is 11.4. The highest BCUT2D eigenvalue weighted by Crippen LogP contribution is 2.35. The van der Waals surface area contributed by atoms with E-state index in [-0.39, 0.29) is 16.6 Å². The molecule has 0 radical (unpaired) electrons. The number of hydrogen-bond donors (Lipinski definition) is 0. The minimum absolute atomic E-state index is 0.0209. The highest BCUT2D eigenvalue weighted by atomic mass is 32.2. The van der Waals surface area contributed by atoms with E-state index < -0.39 is 14.8 Å². The van der Waals surface area contributed by atoms with Crippen molar-refractivity contribution in [3.05, 3.63) is 28.3 Å². The Bertz CT molecular complexity index is 730. The first-order valence-corrected chi connectivity index (χ1v) is 9.62. The molecule has 0 bridgehead atoms. The molecule has 0 aromatic heterocycles. The van der Waals surface area contributed by atoms with Crippen molar-refractivity contribution in [2.24, 2.45) is 0 Å². The summed E-state index contributed by atoms with van der Waals surface area (Å²) in [6.07, 6.45) is 4.52. The molecule has 7 nitrogen and oxygen atoms in total. The second-order valence-electron chi connectivity index (χ2n) is 6.46. The fourth-order valence-corrected chi connectivity index (χ4v) is 3.87. The maximum Gasteiger partial charge on any atom is 0.293 e. The van der Waals surface area contributed by atoms with Crippen LogP contribution >= 0.6 is 0 Å². The van der Waals surface area contributed by atoms with Gasteiger partial charge >= 0.3 is 0 Å². The summed E-state index contributed by atoms with van der Waals surface area (Å²) in [4.78, 5) is 15.2. The molecular weight excluding hydrogens is 318 g/mol. The largest absolute Gasteiger partial charge is 0.365 e. The lowest BCUT2D eigenvalue weighted by atomic mass is 10.2. The monoisotopic (exact) mass is 339 g/mol. The molecule has 1 saturated carbocycles. The predicted octanol–water partition coefficient (Wildman–Crippen LogP) is 1.67. The minimum atomic E-state index is -3.46. The topological polar surface area (TPSA) is 83.8 Å². The Hall–Kier alpha value is -1.67. The number of sulfone groups is 1. The van der Waals surface area contributed by atoms with Gasteiger partial charge in [0.25, 0.3) is 5.69 Å². The van der Waals surface area contributed by atoms with Crippen LogP contribution in [0, 0.1) is 10.1 Å². The Morgan fingerprint density at radius 3 is 2.57 bits per heavy atom. The van der Waals surface area contributed by atoms with Crippen LogP contribution in [0.4, 0.5) is 11.4 Å². The quantitative estimate of drug-likeness (QED) is 0.599. The standard InChI is InChI=1S/C15H21N3O4S/c1-16(12-7-8-17(10-12)11-3-4-11)14-6-5-13(23(2,21)22)9-15(14)18(19)20/h5-6,9,11-12H,3-4,7-8,10H2,1-2H3. The van der Waals surface area contributed by atoms with Crippen molar-refractivity contribution < 1.29 is 13.3 Å². The number of nitrogens with zero attached hydrogens (tertiary/aromatic N) is 3. The zero-order valence-corrected chi connectivity index (χ0v) is 14.1. The Kier molecular flexibility index (Phi) is 4.05. The summed E-state index contributed by atoms with van der Waals surface area (Å²) >= 11 is 0. The summed E-state index contributed by atoms with van der Waals surface area (Å²) in [6, 6.07) is 5.07. The average Bonchev–Trinajstić information content (AvgIpc) is 3.22. The minimum Gasteiger partial charge on any atom is -0.365 e. The van der Waals surface area contributed by atoms with Crippen molar-refractivity contribution in [1.82, 2.24) is 4.90 Å². The number of hydrogen-bond acceptors (Lipinski definition) is 6. The Morgan fingerprint density at radius 1 is 1.30 bits per heavy atom. The third-order valence-electron chi connectivity index (χ3n) is 4.76. The summed E-state index contributed by atoms with van der Waals surface area (Å²) < 4.78 is 23.3. The molecule has 8 heteroatoms. The molecule has 3 rings (SSSR count). The highest BCUT2D eigenvalue weighted by Gasteiger charge is 2.36. The van der Waals surface area contributed by atoms with Crippen LogP contribution in [0.25, 0.3) is 0 Å². The molecule has 23 heavy (non-hydrogen) atoms. The molecular formula is C15H21N3O4S. The molecule has 2 aliphatic rings. The van der Waals surface area contributed by atoms with Crippen LogP contribution in [0.2, 0.25) is 0 Å². The van der Waals surface area contributed by atoms with E-state index in [9.17, 15) is 18.5 Å². The third kappa shape index (κ3) is 3.32. The third-order valence-corrected chi connectivity index (χ3v) is 5.87. The number of likely N-dealkylation sites (N-methyl/N-ethyl adjacent to an activating group) is 1.